The van der Waals surface area contributed by atoms with E-state index in [1.54, 1.807) is 0 Å². The molecular formula is C30H45FN4O. The Kier molecular flexibility index (Phi) is 7.27. The van der Waals surface area contributed by atoms with Crippen molar-refractivity contribution < 1.29 is 9.18 Å². The number of unbranched alkanes of at least 4 members (excludes halogenated alkanes) is 4. The van der Waals surface area contributed by atoms with E-state index >= 15 is 0 Å². The van der Waals surface area contributed by atoms with Crippen LogP contribution in [0.1, 0.15) is 99.4 Å². The maximum atomic E-state index is 14.6. The molecule has 36 heavy (non-hydrogen) atoms. The lowest BCUT2D eigenvalue weighted by Gasteiger charge is -2.57. The average molecular weight is 497 g/mol. The molecule has 1 amide bonds. The summed E-state index contributed by atoms with van der Waals surface area (Å²) in [4.78, 5) is 14.9. The lowest BCUT2D eigenvalue weighted by molar-refractivity contribution is -0.0196. The van der Waals surface area contributed by atoms with Crippen molar-refractivity contribution in [3.05, 3.63) is 29.1 Å². The second-order valence-electron chi connectivity index (χ2n) is 12.7. The zero-order valence-electron chi connectivity index (χ0n) is 21.9. The highest BCUT2D eigenvalue weighted by molar-refractivity contribution is 6.00. The summed E-state index contributed by atoms with van der Waals surface area (Å²) < 4.78 is 14.6. The third-order valence-electron chi connectivity index (χ3n) is 9.98. The first kappa shape index (κ1) is 24.7. The summed E-state index contributed by atoms with van der Waals surface area (Å²) in [6.45, 7) is 4.40. The molecule has 6 heteroatoms. The van der Waals surface area contributed by atoms with E-state index in [1.165, 1.54) is 76.8 Å². The van der Waals surface area contributed by atoms with Gasteiger partial charge in [0.15, 0.2) is 0 Å². The van der Waals surface area contributed by atoms with E-state index in [0.29, 0.717) is 12.1 Å². The monoisotopic (exact) mass is 496 g/mol. The Balaban J connectivity index is 0.899. The van der Waals surface area contributed by atoms with E-state index < -0.39 is 0 Å². The molecule has 5 fully saturated rings. The molecule has 2 aliphatic heterocycles. The van der Waals surface area contributed by atoms with Crippen molar-refractivity contribution in [3.63, 3.8) is 0 Å². The fourth-order valence-corrected chi connectivity index (χ4v) is 8.64. The second-order valence-corrected chi connectivity index (χ2v) is 12.7. The van der Waals surface area contributed by atoms with E-state index in [2.05, 4.69) is 16.0 Å². The van der Waals surface area contributed by atoms with E-state index in [4.69, 9.17) is 0 Å². The summed E-state index contributed by atoms with van der Waals surface area (Å²) in [6, 6.07) is 3.45. The molecule has 4 saturated carbocycles. The van der Waals surface area contributed by atoms with E-state index in [1.807, 2.05) is 11.0 Å². The minimum Gasteiger partial charge on any atom is -0.385 e. The Morgan fingerprint density at radius 3 is 2.36 bits per heavy atom. The van der Waals surface area contributed by atoms with E-state index in [9.17, 15) is 9.18 Å². The normalized spacial score (nSPS) is 32.8. The molecule has 198 valence electrons. The van der Waals surface area contributed by atoms with Gasteiger partial charge in [0, 0.05) is 42.5 Å². The number of halogens is 1. The highest BCUT2D eigenvalue weighted by Crippen LogP contribution is 2.55. The van der Waals surface area contributed by atoms with Gasteiger partial charge in [0.25, 0.3) is 5.91 Å². The second kappa shape index (κ2) is 10.6. The molecule has 7 rings (SSSR count). The summed E-state index contributed by atoms with van der Waals surface area (Å²) in [5.74, 6) is 2.54. The lowest BCUT2D eigenvalue weighted by atomic mass is 9.53. The molecule has 0 spiro atoms. The molecule has 4 aliphatic carbocycles. The van der Waals surface area contributed by atoms with E-state index in [-0.39, 0.29) is 23.3 Å². The maximum Gasteiger partial charge on any atom is 0.257 e. The van der Waals surface area contributed by atoms with Crippen LogP contribution in [-0.4, -0.2) is 48.6 Å². The number of carbonyl (C=O) groups is 1. The van der Waals surface area contributed by atoms with Crippen LogP contribution < -0.4 is 16.0 Å². The smallest absolute Gasteiger partial charge is 0.257 e. The Labute approximate surface area is 216 Å². The van der Waals surface area contributed by atoms with Crippen molar-refractivity contribution in [2.45, 2.75) is 102 Å². The Morgan fingerprint density at radius 1 is 0.972 bits per heavy atom. The number of anilines is 1. The van der Waals surface area contributed by atoms with Gasteiger partial charge in [0.2, 0.25) is 0 Å². The first-order chi connectivity index (χ1) is 17.6. The molecule has 1 unspecified atom stereocenters. The first-order valence-corrected chi connectivity index (χ1v) is 14.9. The predicted octanol–water partition coefficient (Wildman–Crippen LogP) is 5.45. The highest BCUT2D eigenvalue weighted by Gasteiger charge is 2.50. The van der Waals surface area contributed by atoms with Gasteiger partial charge in [-0.3, -0.25) is 4.79 Å². The van der Waals surface area contributed by atoms with E-state index in [0.717, 1.165) is 67.9 Å². The SMILES string of the molecule is O=C1c2c(F)ccc(NCCCCCCCNC34CC5CC(CC(C5)C3)C4)c2CN1C1CCCNC1. The third kappa shape index (κ3) is 5.05. The van der Waals surface area contributed by atoms with Gasteiger partial charge in [-0.25, -0.2) is 4.39 Å². The van der Waals surface area contributed by atoms with Crippen molar-refractivity contribution >= 4 is 11.6 Å². The Hall–Kier alpha value is -1.66. The van der Waals surface area contributed by atoms with Gasteiger partial charge < -0.3 is 20.9 Å². The summed E-state index contributed by atoms with van der Waals surface area (Å²) in [6.07, 6.45) is 17.1. The number of piperidine rings is 1. The summed E-state index contributed by atoms with van der Waals surface area (Å²) in [5.41, 5.74) is 2.57. The average Bonchev–Trinajstić information content (AvgIpc) is 3.22. The molecule has 3 N–H and O–H groups in total. The lowest BCUT2D eigenvalue weighted by Crippen LogP contribution is -2.58. The fourth-order valence-electron chi connectivity index (χ4n) is 8.64. The molecule has 0 aromatic heterocycles. The Morgan fingerprint density at radius 2 is 1.67 bits per heavy atom. The third-order valence-corrected chi connectivity index (χ3v) is 9.98. The van der Waals surface area contributed by atoms with Crippen LogP contribution in [0.4, 0.5) is 10.1 Å². The van der Waals surface area contributed by atoms with Crippen LogP contribution in [0.25, 0.3) is 0 Å². The zero-order valence-corrected chi connectivity index (χ0v) is 21.9. The van der Waals surface area contributed by atoms with Crippen molar-refractivity contribution in [2.75, 3.05) is 31.5 Å². The topological polar surface area (TPSA) is 56.4 Å². The van der Waals surface area contributed by atoms with Gasteiger partial charge in [-0.05, 0) is 107 Å². The molecule has 5 nitrogen and oxygen atoms in total. The molecule has 1 atom stereocenters. The number of fused-ring (bicyclic) bond motifs is 1. The van der Waals surface area contributed by atoms with Crippen LogP contribution in [0, 0.1) is 23.6 Å². The van der Waals surface area contributed by atoms with Gasteiger partial charge in [-0.15, -0.1) is 0 Å². The number of nitrogens with zero attached hydrogens (tertiary/aromatic N) is 1. The number of amides is 1. The van der Waals surface area contributed by atoms with Crippen LogP contribution in [0.2, 0.25) is 0 Å². The van der Waals surface area contributed by atoms with Crippen LogP contribution in [0.5, 0.6) is 0 Å². The molecule has 0 radical (unpaired) electrons. The van der Waals surface area contributed by atoms with Crippen LogP contribution in [0.3, 0.4) is 0 Å². The van der Waals surface area contributed by atoms with Gasteiger partial charge in [-0.1, -0.05) is 19.3 Å². The van der Waals surface area contributed by atoms with Crippen LogP contribution >= 0.6 is 0 Å². The van der Waals surface area contributed by atoms with Crippen molar-refractivity contribution in [3.8, 4) is 0 Å². The molecule has 1 saturated heterocycles. The minimum absolute atomic E-state index is 0.137. The summed E-state index contributed by atoms with van der Waals surface area (Å²) in [7, 11) is 0. The summed E-state index contributed by atoms with van der Waals surface area (Å²) >= 11 is 0. The number of nitrogens with one attached hydrogen (secondary N) is 3. The molecule has 2 heterocycles. The first-order valence-electron chi connectivity index (χ1n) is 14.9. The molecular weight excluding hydrogens is 451 g/mol. The van der Waals surface area contributed by atoms with Crippen molar-refractivity contribution in [2.24, 2.45) is 17.8 Å². The Bertz CT molecular complexity index is 908. The van der Waals surface area contributed by atoms with Crippen LogP contribution in [-0.2, 0) is 6.54 Å². The van der Waals surface area contributed by atoms with Gasteiger partial charge in [0.1, 0.15) is 5.82 Å². The number of hydrogen-bond donors (Lipinski definition) is 3. The number of hydrogen-bond acceptors (Lipinski definition) is 4. The molecule has 6 aliphatic rings. The predicted molar refractivity (Wildman–Crippen MR) is 143 cm³/mol. The summed E-state index contributed by atoms with van der Waals surface area (Å²) in [5, 5.41) is 10.9. The highest BCUT2D eigenvalue weighted by atomic mass is 19.1. The molecule has 1 aromatic rings. The number of carbonyl (C=O) groups excluding carboxylic acids is 1. The number of benzene rings is 1. The van der Waals surface area contributed by atoms with Crippen molar-refractivity contribution in [1.29, 1.82) is 0 Å². The standard InChI is InChI=1S/C30H45FN4O/c31-26-8-9-27(25-20-35(29(36)28(25)26)24-7-6-10-32-19-24)33-11-4-2-1-3-5-12-34-30-16-21-13-22(17-30)15-23(14-21)18-30/h8-9,21-24,32-34H,1-7,10-20H2. The van der Waals surface area contributed by atoms with Gasteiger partial charge >= 0.3 is 0 Å². The van der Waals surface area contributed by atoms with Gasteiger partial charge in [0.05, 0.1) is 5.56 Å². The zero-order chi connectivity index (χ0) is 24.5. The molecule has 1 aromatic carbocycles. The van der Waals surface area contributed by atoms with Crippen LogP contribution in [0.15, 0.2) is 12.1 Å². The quantitative estimate of drug-likeness (QED) is 0.357. The van der Waals surface area contributed by atoms with Gasteiger partial charge in [-0.2, -0.15) is 0 Å². The maximum absolute atomic E-state index is 14.6. The number of rotatable bonds is 11. The fraction of sp³-hybridized carbons (Fsp3) is 0.767. The molecule has 4 bridgehead atoms. The van der Waals surface area contributed by atoms with Crippen molar-refractivity contribution in [1.82, 2.24) is 15.5 Å². The largest absolute Gasteiger partial charge is 0.385 e. The minimum atomic E-state index is -0.381.